The largest absolute Gasteiger partial charge is 0.490 e. The van der Waals surface area contributed by atoms with Crippen LogP contribution in [-0.4, -0.2) is 88.9 Å². The van der Waals surface area contributed by atoms with Crippen LogP contribution in [0.2, 0.25) is 0 Å². The minimum atomic E-state index is -0.615. The Morgan fingerprint density at radius 1 is 1.05 bits per heavy atom. The van der Waals surface area contributed by atoms with Gasteiger partial charge in [0.2, 0.25) is 0 Å². The number of hydrogen-bond acceptors (Lipinski definition) is 6. The molecule has 0 aromatic heterocycles. The Bertz CT molecular complexity index is 1260. The maximum Gasteiger partial charge on any atom is 0.410 e. The van der Waals surface area contributed by atoms with Crippen molar-refractivity contribution in [3.05, 3.63) is 64.7 Å². The Hall–Kier alpha value is -3.10. The van der Waals surface area contributed by atoms with Gasteiger partial charge in [0.1, 0.15) is 17.5 Å². The van der Waals surface area contributed by atoms with Gasteiger partial charge in [0.05, 0.1) is 6.10 Å². The fourth-order valence-corrected chi connectivity index (χ4v) is 6.29. The first-order valence-electron chi connectivity index (χ1n) is 14.9. The van der Waals surface area contributed by atoms with Gasteiger partial charge < -0.3 is 24.4 Å². The summed E-state index contributed by atoms with van der Waals surface area (Å²) in [4.78, 5) is 31.7. The fraction of sp³-hybridized carbons (Fsp3) is 0.576. The molecule has 8 nitrogen and oxygen atoms in total. The Morgan fingerprint density at radius 3 is 2.46 bits per heavy atom. The maximum absolute atomic E-state index is 13.5. The summed E-state index contributed by atoms with van der Waals surface area (Å²) in [6.45, 7) is 14.2. The second-order valence-electron chi connectivity index (χ2n) is 13.5. The van der Waals surface area contributed by atoms with Crippen molar-refractivity contribution in [2.75, 3.05) is 39.3 Å². The number of aliphatic hydroxyl groups excluding tert-OH is 1. The standard InChI is InChI=1S/C33H45N3O5/c1-32(2,3)41-31(39)35-16-13-26(14-17-35)40-27-10-11-28-29(18-27)33(4,5)22-36(30(28)38)21-25(37)20-34-15-12-23-8-6-7-9-24(23)19-34/h6-11,18,25-26,37H,12-17,19-22H2,1-5H3/t25-/m1/s1. The van der Waals surface area contributed by atoms with Crippen LogP contribution >= 0.6 is 0 Å². The third-order valence-corrected chi connectivity index (χ3v) is 8.33. The van der Waals surface area contributed by atoms with Gasteiger partial charge in [-0.05, 0) is 62.1 Å². The van der Waals surface area contributed by atoms with Crippen LogP contribution < -0.4 is 4.74 Å². The summed E-state index contributed by atoms with van der Waals surface area (Å²) in [6, 6.07) is 14.2. The van der Waals surface area contributed by atoms with Gasteiger partial charge in [0, 0.05) is 69.6 Å². The zero-order valence-corrected chi connectivity index (χ0v) is 25.2. The molecular weight excluding hydrogens is 518 g/mol. The number of hydrogen-bond donors (Lipinski definition) is 1. The highest BCUT2D eigenvalue weighted by atomic mass is 16.6. The molecule has 1 N–H and O–H groups in total. The molecule has 1 atom stereocenters. The second kappa shape index (κ2) is 11.6. The molecule has 5 rings (SSSR count). The predicted octanol–water partition coefficient (Wildman–Crippen LogP) is 4.62. The van der Waals surface area contributed by atoms with E-state index < -0.39 is 11.7 Å². The third kappa shape index (κ3) is 7.04. The summed E-state index contributed by atoms with van der Waals surface area (Å²) in [6.07, 6.45) is 1.55. The number of aliphatic hydroxyl groups is 1. The molecule has 3 aliphatic rings. The summed E-state index contributed by atoms with van der Waals surface area (Å²) in [5, 5.41) is 11.0. The molecule has 3 heterocycles. The third-order valence-electron chi connectivity index (χ3n) is 8.33. The molecule has 8 heteroatoms. The van der Waals surface area contributed by atoms with Crippen molar-refractivity contribution < 1.29 is 24.2 Å². The maximum atomic E-state index is 13.5. The first-order valence-corrected chi connectivity index (χ1v) is 14.9. The van der Waals surface area contributed by atoms with Crippen LogP contribution in [0.3, 0.4) is 0 Å². The number of nitrogens with zero attached hydrogens (tertiary/aromatic N) is 3. The molecule has 1 saturated heterocycles. The molecule has 0 radical (unpaired) electrons. The van der Waals surface area contributed by atoms with E-state index in [1.54, 1.807) is 9.80 Å². The fourth-order valence-electron chi connectivity index (χ4n) is 6.29. The average Bonchev–Trinajstić information content (AvgIpc) is 2.91. The van der Waals surface area contributed by atoms with Crippen LogP contribution in [-0.2, 0) is 23.1 Å². The Balaban J connectivity index is 1.17. The van der Waals surface area contributed by atoms with Crippen molar-refractivity contribution >= 4 is 12.0 Å². The van der Waals surface area contributed by atoms with Gasteiger partial charge in [-0.15, -0.1) is 0 Å². The summed E-state index contributed by atoms with van der Waals surface area (Å²) >= 11 is 0. The number of carbonyl (C=O) groups is 2. The highest BCUT2D eigenvalue weighted by Crippen LogP contribution is 2.36. The molecule has 0 unspecified atom stereocenters. The monoisotopic (exact) mass is 563 g/mol. The van der Waals surface area contributed by atoms with E-state index in [9.17, 15) is 14.7 Å². The molecule has 0 aliphatic carbocycles. The van der Waals surface area contributed by atoms with Crippen molar-refractivity contribution in [1.82, 2.24) is 14.7 Å². The highest BCUT2D eigenvalue weighted by molar-refractivity contribution is 5.97. The number of amides is 2. The van der Waals surface area contributed by atoms with Crippen LogP contribution in [0.1, 0.15) is 74.5 Å². The van der Waals surface area contributed by atoms with Crippen molar-refractivity contribution in [1.29, 1.82) is 0 Å². The van der Waals surface area contributed by atoms with E-state index >= 15 is 0 Å². The van der Waals surface area contributed by atoms with Gasteiger partial charge >= 0.3 is 6.09 Å². The number of benzene rings is 2. The van der Waals surface area contributed by atoms with Crippen LogP contribution in [0.15, 0.2) is 42.5 Å². The van der Waals surface area contributed by atoms with E-state index in [1.807, 2.05) is 39.0 Å². The number of fused-ring (bicyclic) bond motifs is 2. The van der Waals surface area contributed by atoms with Gasteiger partial charge in [-0.3, -0.25) is 9.69 Å². The molecule has 3 aliphatic heterocycles. The lowest BCUT2D eigenvalue weighted by atomic mass is 9.78. The molecule has 41 heavy (non-hydrogen) atoms. The lowest BCUT2D eigenvalue weighted by molar-refractivity contribution is 0.0126. The van der Waals surface area contributed by atoms with Crippen molar-refractivity contribution in [3.63, 3.8) is 0 Å². The molecule has 1 fully saturated rings. The van der Waals surface area contributed by atoms with E-state index in [0.29, 0.717) is 38.3 Å². The number of β-amino-alcohol motifs (C(OH)–C–C–N with tert-alkyl or cyclic N) is 1. The predicted molar refractivity (Wildman–Crippen MR) is 158 cm³/mol. The number of likely N-dealkylation sites (tertiary alicyclic amines) is 1. The molecule has 0 spiro atoms. The highest BCUT2D eigenvalue weighted by Gasteiger charge is 2.38. The molecule has 2 amide bonds. The smallest absolute Gasteiger partial charge is 0.410 e. The Morgan fingerprint density at radius 2 is 1.76 bits per heavy atom. The van der Waals surface area contributed by atoms with Crippen LogP contribution in [0, 0.1) is 0 Å². The van der Waals surface area contributed by atoms with Crippen LogP contribution in [0.25, 0.3) is 0 Å². The minimum Gasteiger partial charge on any atom is -0.490 e. The molecule has 0 saturated carbocycles. The van der Waals surface area contributed by atoms with E-state index in [1.165, 1.54) is 11.1 Å². The first-order chi connectivity index (χ1) is 19.4. The van der Waals surface area contributed by atoms with Crippen LogP contribution in [0.5, 0.6) is 5.75 Å². The molecule has 2 aromatic rings. The van der Waals surface area contributed by atoms with Gasteiger partial charge in [-0.25, -0.2) is 4.79 Å². The van der Waals surface area contributed by atoms with Gasteiger partial charge in [0.25, 0.3) is 5.91 Å². The van der Waals surface area contributed by atoms with Crippen molar-refractivity contribution in [3.8, 4) is 5.75 Å². The first kappa shape index (κ1) is 29.4. The summed E-state index contributed by atoms with van der Waals surface area (Å²) < 4.78 is 11.8. The second-order valence-corrected chi connectivity index (χ2v) is 13.5. The number of rotatable bonds is 6. The summed E-state index contributed by atoms with van der Waals surface area (Å²) in [5.41, 5.74) is 3.56. The Labute approximate surface area is 244 Å². The topological polar surface area (TPSA) is 82.5 Å². The van der Waals surface area contributed by atoms with Crippen molar-refractivity contribution in [2.45, 2.75) is 83.6 Å². The SMILES string of the molecule is CC(C)(C)OC(=O)N1CCC(Oc2ccc3c(c2)C(C)(C)CN(C[C@H](O)CN2CCc4ccccc4C2)C3=O)CC1. The lowest BCUT2D eigenvalue weighted by Gasteiger charge is -2.41. The molecule has 222 valence electrons. The van der Waals surface area contributed by atoms with Gasteiger partial charge in [-0.2, -0.15) is 0 Å². The van der Waals surface area contributed by atoms with E-state index in [2.05, 4.69) is 43.0 Å². The summed E-state index contributed by atoms with van der Waals surface area (Å²) in [5.74, 6) is 0.707. The average molecular weight is 564 g/mol. The molecule has 0 bridgehead atoms. The quantitative estimate of drug-likeness (QED) is 0.553. The van der Waals surface area contributed by atoms with E-state index in [-0.39, 0.29) is 23.5 Å². The summed E-state index contributed by atoms with van der Waals surface area (Å²) in [7, 11) is 0. The zero-order valence-electron chi connectivity index (χ0n) is 25.2. The van der Waals surface area contributed by atoms with Gasteiger partial charge in [0.15, 0.2) is 0 Å². The Kier molecular flexibility index (Phi) is 8.35. The normalized spacial score (nSPS) is 20.3. The minimum absolute atomic E-state index is 0.00235. The molecular formula is C33H45N3O5. The van der Waals surface area contributed by atoms with E-state index in [0.717, 1.165) is 43.7 Å². The number of piperidine rings is 1. The van der Waals surface area contributed by atoms with Gasteiger partial charge in [-0.1, -0.05) is 38.1 Å². The van der Waals surface area contributed by atoms with Crippen LogP contribution in [0.4, 0.5) is 4.79 Å². The number of carbonyl (C=O) groups excluding carboxylic acids is 2. The number of ether oxygens (including phenoxy) is 2. The molecule has 2 aromatic carbocycles. The van der Waals surface area contributed by atoms with E-state index in [4.69, 9.17) is 9.47 Å². The van der Waals surface area contributed by atoms with Crippen molar-refractivity contribution in [2.24, 2.45) is 0 Å². The zero-order chi connectivity index (χ0) is 29.4. The lowest BCUT2D eigenvalue weighted by Crippen LogP contribution is -2.51.